The molecule has 1 N–H and O–H groups in total. The number of nitrogens with one attached hydrogen (secondary N) is 1. The van der Waals surface area contributed by atoms with Crippen LogP contribution in [-0.2, 0) is 20.9 Å². The zero-order valence-electron chi connectivity index (χ0n) is 14.7. The van der Waals surface area contributed by atoms with Crippen molar-refractivity contribution in [3.05, 3.63) is 34.5 Å². The molecule has 3 aliphatic heterocycles. The van der Waals surface area contributed by atoms with Crippen LogP contribution in [0.5, 0.6) is 0 Å². The highest BCUT2D eigenvalue weighted by molar-refractivity contribution is 7.09. The summed E-state index contributed by atoms with van der Waals surface area (Å²) in [5.41, 5.74) is -0.604. The van der Waals surface area contributed by atoms with Gasteiger partial charge in [-0.25, -0.2) is 0 Å². The quantitative estimate of drug-likeness (QED) is 0.826. The van der Waals surface area contributed by atoms with Crippen LogP contribution in [0.25, 0.3) is 0 Å². The second kappa shape index (κ2) is 6.20. The summed E-state index contributed by atoms with van der Waals surface area (Å²) in [6, 6.07) is 4.31. The summed E-state index contributed by atoms with van der Waals surface area (Å²) in [6.45, 7) is 1.15. The van der Waals surface area contributed by atoms with Crippen LogP contribution in [0.2, 0.25) is 0 Å². The maximum absolute atomic E-state index is 13.1. The summed E-state index contributed by atoms with van der Waals surface area (Å²) >= 11 is 1.66. The highest BCUT2D eigenvalue weighted by atomic mass is 32.1. The Morgan fingerprint density at radius 1 is 1.35 bits per heavy atom. The summed E-state index contributed by atoms with van der Waals surface area (Å²) in [6.07, 6.45) is 9.47. The van der Waals surface area contributed by atoms with Gasteiger partial charge in [-0.1, -0.05) is 37.5 Å². The minimum atomic E-state index is -0.604. The molecular formula is C20H24N2O3S. The molecule has 0 radical (unpaired) electrons. The first-order chi connectivity index (χ1) is 12.7. The molecule has 26 heavy (non-hydrogen) atoms. The van der Waals surface area contributed by atoms with E-state index in [2.05, 4.69) is 5.32 Å². The molecule has 1 aliphatic carbocycles. The van der Waals surface area contributed by atoms with Crippen molar-refractivity contribution in [1.82, 2.24) is 10.2 Å². The molecular weight excluding hydrogens is 348 g/mol. The van der Waals surface area contributed by atoms with E-state index in [0.29, 0.717) is 13.1 Å². The van der Waals surface area contributed by atoms with Gasteiger partial charge in [-0.2, -0.15) is 0 Å². The first-order valence-corrected chi connectivity index (χ1v) is 10.5. The number of hydrogen-bond donors (Lipinski definition) is 1. The Kier molecular flexibility index (Phi) is 3.94. The molecule has 5 nitrogen and oxygen atoms in total. The lowest BCUT2D eigenvalue weighted by Gasteiger charge is -2.28. The van der Waals surface area contributed by atoms with Crippen molar-refractivity contribution in [3.8, 4) is 0 Å². The lowest BCUT2D eigenvalue weighted by Crippen LogP contribution is -2.47. The van der Waals surface area contributed by atoms with Crippen molar-refractivity contribution in [1.29, 1.82) is 0 Å². The molecule has 3 fully saturated rings. The van der Waals surface area contributed by atoms with Crippen molar-refractivity contribution in [2.24, 2.45) is 11.8 Å². The van der Waals surface area contributed by atoms with Crippen molar-refractivity contribution in [2.75, 3.05) is 6.54 Å². The van der Waals surface area contributed by atoms with Gasteiger partial charge < -0.3 is 15.0 Å². The summed E-state index contributed by atoms with van der Waals surface area (Å²) in [4.78, 5) is 29.2. The smallest absolute Gasteiger partial charge is 0.230 e. The van der Waals surface area contributed by atoms with Gasteiger partial charge >= 0.3 is 0 Å². The molecule has 2 amide bonds. The average molecular weight is 372 g/mol. The van der Waals surface area contributed by atoms with Crippen LogP contribution in [0, 0.1) is 11.8 Å². The lowest BCUT2D eigenvalue weighted by atomic mass is 9.76. The average Bonchev–Trinajstić information content (AvgIpc) is 3.39. The number of carbonyl (C=O) groups excluding carboxylic acids is 2. The van der Waals surface area contributed by atoms with Gasteiger partial charge in [0.15, 0.2) is 0 Å². The Labute approximate surface area is 157 Å². The van der Waals surface area contributed by atoms with E-state index in [-0.39, 0.29) is 35.8 Å². The fraction of sp³-hybridized carbons (Fsp3) is 0.600. The monoisotopic (exact) mass is 372 g/mol. The van der Waals surface area contributed by atoms with Gasteiger partial charge in [0.2, 0.25) is 11.8 Å². The molecule has 1 aromatic rings. The van der Waals surface area contributed by atoms with E-state index in [0.717, 1.165) is 17.7 Å². The van der Waals surface area contributed by atoms with Gasteiger partial charge in [0.05, 0.1) is 31.0 Å². The molecule has 4 aliphatic rings. The van der Waals surface area contributed by atoms with Crippen LogP contribution in [-0.4, -0.2) is 41.0 Å². The fourth-order valence-electron chi connectivity index (χ4n) is 5.15. The van der Waals surface area contributed by atoms with Crippen LogP contribution in [0.1, 0.15) is 37.0 Å². The number of hydrogen-bond acceptors (Lipinski definition) is 4. The largest absolute Gasteiger partial charge is 0.360 e. The van der Waals surface area contributed by atoms with E-state index in [1.165, 1.54) is 19.3 Å². The predicted octanol–water partition coefficient (Wildman–Crippen LogP) is 2.48. The lowest BCUT2D eigenvalue weighted by molar-refractivity contribution is -0.138. The molecule has 2 saturated heterocycles. The van der Waals surface area contributed by atoms with Crippen LogP contribution in [0.4, 0.5) is 0 Å². The van der Waals surface area contributed by atoms with E-state index >= 15 is 0 Å². The number of likely N-dealkylation sites (tertiary alicyclic amines) is 1. The van der Waals surface area contributed by atoms with E-state index in [1.54, 1.807) is 11.3 Å². The Balaban J connectivity index is 1.34. The van der Waals surface area contributed by atoms with Crippen molar-refractivity contribution in [2.45, 2.75) is 56.4 Å². The minimum absolute atomic E-state index is 0.00412. The number of thiophene rings is 1. The molecule has 1 spiro atoms. The molecule has 2 bridgehead atoms. The first-order valence-electron chi connectivity index (χ1n) is 9.65. The SMILES string of the molecule is O=C(NC1CCCCC1)C1[C@H]2C=CC3(CN(Cc4cccs4)C(=O)[C@@H]13)O2. The van der Waals surface area contributed by atoms with Gasteiger partial charge in [0.25, 0.3) is 0 Å². The summed E-state index contributed by atoms with van der Waals surface area (Å²) in [5.74, 6) is -0.692. The van der Waals surface area contributed by atoms with Crippen molar-refractivity contribution in [3.63, 3.8) is 0 Å². The number of carbonyl (C=O) groups is 2. The third-order valence-corrected chi connectivity index (χ3v) is 7.22. The molecule has 5 rings (SSSR count). The zero-order valence-corrected chi connectivity index (χ0v) is 15.5. The van der Waals surface area contributed by atoms with Gasteiger partial charge in [0, 0.05) is 10.9 Å². The van der Waals surface area contributed by atoms with Crippen molar-refractivity contribution >= 4 is 23.2 Å². The maximum atomic E-state index is 13.1. The minimum Gasteiger partial charge on any atom is -0.360 e. The number of fused-ring (bicyclic) bond motifs is 1. The highest BCUT2D eigenvalue weighted by Crippen LogP contribution is 2.52. The second-order valence-corrected chi connectivity index (χ2v) is 9.05. The standard InChI is InChI=1S/C20H24N2O3S/c23-18(21-13-5-2-1-3-6-13)16-15-8-9-20(25-15)12-22(19(24)17(16)20)11-14-7-4-10-26-14/h4,7-10,13,15-17H,1-3,5-6,11-12H2,(H,21,23)/t15-,16?,17-,20?/m1/s1. The van der Waals surface area contributed by atoms with Crippen LogP contribution >= 0.6 is 11.3 Å². The molecule has 4 atom stereocenters. The molecule has 4 heterocycles. The second-order valence-electron chi connectivity index (χ2n) is 8.02. The molecule has 1 saturated carbocycles. The van der Waals surface area contributed by atoms with Gasteiger partial charge in [-0.3, -0.25) is 9.59 Å². The Bertz CT molecular complexity index is 740. The third kappa shape index (κ3) is 2.54. The molecule has 138 valence electrons. The third-order valence-electron chi connectivity index (χ3n) is 6.36. The van der Waals surface area contributed by atoms with E-state index in [9.17, 15) is 9.59 Å². The fourth-order valence-corrected chi connectivity index (χ4v) is 5.87. The predicted molar refractivity (Wildman–Crippen MR) is 98.5 cm³/mol. The van der Waals surface area contributed by atoms with E-state index in [4.69, 9.17) is 4.74 Å². The van der Waals surface area contributed by atoms with E-state index in [1.807, 2.05) is 34.6 Å². The molecule has 6 heteroatoms. The zero-order chi connectivity index (χ0) is 17.7. The Hall–Kier alpha value is -1.66. The summed E-state index contributed by atoms with van der Waals surface area (Å²) in [7, 11) is 0. The van der Waals surface area contributed by atoms with Gasteiger partial charge in [0.1, 0.15) is 5.60 Å². The van der Waals surface area contributed by atoms with Gasteiger partial charge in [-0.05, 0) is 24.3 Å². The molecule has 1 aromatic heterocycles. The number of amides is 2. The normalized spacial score (nSPS) is 35.9. The highest BCUT2D eigenvalue weighted by Gasteiger charge is 2.66. The van der Waals surface area contributed by atoms with E-state index < -0.39 is 5.60 Å². The summed E-state index contributed by atoms with van der Waals surface area (Å²) in [5, 5.41) is 5.24. The number of ether oxygens (including phenoxy) is 1. The topological polar surface area (TPSA) is 58.6 Å². The Morgan fingerprint density at radius 2 is 2.19 bits per heavy atom. The molecule has 2 unspecified atom stereocenters. The van der Waals surface area contributed by atoms with Crippen LogP contribution in [0.15, 0.2) is 29.7 Å². The number of rotatable bonds is 4. The van der Waals surface area contributed by atoms with Crippen LogP contribution in [0.3, 0.4) is 0 Å². The number of nitrogens with zero attached hydrogens (tertiary/aromatic N) is 1. The first kappa shape index (κ1) is 16.5. The van der Waals surface area contributed by atoms with Crippen molar-refractivity contribution < 1.29 is 14.3 Å². The summed E-state index contributed by atoms with van der Waals surface area (Å²) < 4.78 is 6.20. The van der Waals surface area contributed by atoms with Gasteiger partial charge in [-0.15, -0.1) is 11.3 Å². The maximum Gasteiger partial charge on any atom is 0.230 e. The van der Waals surface area contributed by atoms with Crippen LogP contribution < -0.4 is 5.32 Å². The molecule has 0 aromatic carbocycles. The Morgan fingerprint density at radius 3 is 2.96 bits per heavy atom.